The van der Waals surface area contributed by atoms with Gasteiger partial charge in [0.25, 0.3) is 11.8 Å². The summed E-state index contributed by atoms with van der Waals surface area (Å²) in [6, 6.07) is 1.29. The monoisotopic (exact) mass is 401 g/mol. The van der Waals surface area contributed by atoms with Crippen LogP contribution in [0.25, 0.3) is 0 Å². The second-order valence-electron chi connectivity index (χ2n) is 6.47. The Bertz CT molecular complexity index is 608. The van der Waals surface area contributed by atoms with E-state index >= 15 is 0 Å². The first-order chi connectivity index (χ1) is 13.1. The fourth-order valence-corrected chi connectivity index (χ4v) is 2.33. The molecule has 1 aromatic heterocycles. The number of amides is 2. The summed E-state index contributed by atoms with van der Waals surface area (Å²) < 4.78 is 0. The summed E-state index contributed by atoms with van der Waals surface area (Å²) in [6.07, 6.45) is -3.01. The third kappa shape index (κ3) is 6.48. The predicted molar refractivity (Wildman–Crippen MR) is 96.4 cm³/mol. The molecule has 28 heavy (non-hydrogen) atoms. The molecule has 0 saturated heterocycles. The van der Waals surface area contributed by atoms with E-state index in [4.69, 9.17) is 10.2 Å². The van der Waals surface area contributed by atoms with Crippen LogP contribution in [0.5, 0.6) is 0 Å². The number of hydrogen-bond donors (Lipinski definition) is 6. The van der Waals surface area contributed by atoms with Gasteiger partial charge in [-0.25, -0.2) is 0 Å². The molecular formula is C17H27N3O8. The number of nitrogens with zero attached hydrogens (tertiary/aromatic N) is 3. The summed E-state index contributed by atoms with van der Waals surface area (Å²) in [5.74, 6) is -1.13. The number of pyridine rings is 1. The zero-order valence-electron chi connectivity index (χ0n) is 15.7. The molecule has 4 unspecified atom stereocenters. The summed E-state index contributed by atoms with van der Waals surface area (Å²) in [7, 11) is 2.76. The van der Waals surface area contributed by atoms with Crippen LogP contribution in [0, 0.1) is 0 Å². The van der Waals surface area contributed by atoms with Crippen molar-refractivity contribution in [2.45, 2.75) is 24.4 Å². The van der Waals surface area contributed by atoms with Crippen molar-refractivity contribution in [2.75, 3.05) is 40.4 Å². The first-order valence-corrected chi connectivity index (χ1v) is 8.52. The van der Waals surface area contributed by atoms with Crippen molar-refractivity contribution in [2.24, 2.45) is 0 Å². The van der Waals surface area contributed by atoms with E-state index in [1.807, 2.05) is 0 Å². The minimum Gasteiger partial charge on any atom is -0.394 e. The molecule has 11 heteroatoms. The molecule has 1 heterocycles. The van der Waals surface area contributed by atoms with Gasteiger partial charge in [0, 0.05) is 39.6 Å². The average molecular weight is 401 g/mol. The van der Waals surface area contributed by atoms with Crippen LogP contribution in [0.2, 0.25) is 0 Å². The molecule has 2 amide bonds. The van der Waals surface area contributed by atoms with Crippen molar-refractivity contribution in [3.8, 4) is 0 Å². The number of carbonyl (C=O) groups excluding carboxylic acids is 2. The molecule has 0 bridgehead atoms. The lowest BCUT2D eigenvalue weighted by molar-refractivity contribution is -0.0244. The van der Waals surface area contributed by atoms with Crippen molar-refractivity contribution in [3.63, 3.8) is 0 Å². The lowest BCUT2D eigenvalue weighted by Gasteiger charge is -2.24. The summed E-state index contributed by atoms with van der Waals surface area (Å²) in [6.45, 7) is -1.80. The number of likely N-dealkylation sites (N-methyl/N-ethyl adjacent to an activating group) is 2. The highest BCUT2D eigenvalue weighted by molar-refractivity contribution is 5.99. The minimum absolute atomic E-state index is 0.0587. The molecule has 158 valence electrons. The van der Waals surface area contributed by atoms with E-state index in [2.05, 4.69) is 4.98 Å². The normalized spacial score (nSPS) is 15.4. The molecule has 0 fully saturated rings. The van der Waals surface area contributed by atoms with Crippen LogP contribution >= 0.6 is 0 Å². The first-order valence-electron chi connectivity index (χ1n) is 8.52. The predicted octanol–water partition coefficient (Wildman–Crippen LogP) is -3.35. The highest BCUT2D eigenvalue weighted by Gasteiger charge is 2.24. The Hall–Kier alpha value is -2.15. The molecule has 1 rings (SSSR count). The number of aliphatic hydroxyl groups excluding tert-OH is 6. The van der Waals surface area contributed by atoms with Crippen molar-refractivity contribution < 1.29 is 40.2 Å². The SMILES string of the molecule is CN(CC(O)C(O)CO)C(=O)c1cncc(C(=O)N(C)CC(O)C(O)CO)c1. The Labute approximate surface area is 162 Å². The van der Waals surface area contributed by atoms with Crippen molar-refractivity contribution >= 4 is 11.8 Å². The zero-order valence-corrected chi connectivity index (χ0v) is 15.7. The topological polar surface area (TPSA) is 175 Å². The van der Waals surface area contributed by atoms with Crippen LogP contribution < -0.4 is 0 Å². The molecule has 0 radical (unpaired) electrons. The van der Waals surface area contributed by atoms with Gasteiger partial charge in [0.1, 0.15) is 12.2 Å². The van der Waals surface area contributed by atoms with E-state index in [9.17, 15) is 30.0 Å². The quantitative estimate of drug-likeness (QED) is 0.234. The Balaban J connectivity index is 2.84. The summed E-state index contributed by atoms with van der Waals surface area (Å²) in [5.41, 5.74) is 0.117. The molecule has 0 aliphatic rings. The molecular weight excluding hydrogens is 374 g/mol. The van der Waals surface area contributed by atoms with Gasteiger partial charge in [-0.1, -0.05) is 0 Å². The molecule has 0 aliphatic carbocycles. The third-order valence-electron chi connectivity index (χ3n) is 4.11. The van der Waals surface area contributed by atoms with Gasteiger partial charge in [0.15, 0.2) is 0 Å². The van der Waals surface area contributed by atoms with Crippen LogP contribution in [0.3, 0.4) is 0 Å². The van der Waals surface area contributed by atoms with E-state index < -0.39 is 49.4 Å². The fraction of sp³-hybridized carbons (Fsp3) is 0.588. The minimum atomic E-state index is -1.39. The highest BCUT2D eigenvalue weighted by Crippen LogP contribution is 2.10. The number of aliphatic hydroxyl groups is 6. The first kappa shape index (κ1) is 23.9. The smallest absolute Gasteiger partial charge is 0.255 e. The second kappa shape index (κ2) is 11.0. The van der Waals surface area contributed by atoms with E-state index in [1.54, 1.807) is 0 Å². The van der Waals surface area contributed by atoms with Crippen LogP contribution in [-0.2, 0) is 0 Å². The number of carbonyl (C=O) groups is 2. The summed E-state index contributed by atoms with van der Waals surface area (Å²) >= 11 is 0. The molecule has 0 aliphatic heterocycles. The van der Waals surface area contributed by atoms with Gasteiger partial charge in [0.05, 0.1) is 36.5 Å². The molecule has 4 atom stereocenters. The van der Waals surface area contributed by atoms with Gasteiger partial charge in [-0.15, -0.1) is 0 Å². The van der Waals surface area contributed by atoms with Crippen LogP contribution in [0.4, 0.5) is 0 Å². The van der Waals surface area contributed by atoms with E-state index in [0.29, 0.717) is 0 Å². The van der Waals surface area contributed by atoms with Crippen LogP contribution in [0.1, 0.15) is 20.7 Å². The maximum Gasteiger partial charge on any atom is 0.255 e. The van der Waals surface area contributed by atoms with Gasteiger partial charge >= 0.3 is 0 Å². The van der Waals surface area contributed by atoms with Gasteiger partial charge in [-0.05, 0) is 6.07 Å². The fourth-order valence-electron chi connectivity index (χ4n) is 2.33. The maximum atomic E-state index is 12.4. The Morgan fingerprint density at radius 3 is 1.50 bits per heavy atom. The van der Waals surface area contributed by atoms with Gasteiger partial charge in [-0.2, -0.15) is 0 Å². The van der Waals surface area contributed by atoms with Crippen molar-refractivity contribution in [1.29, 1.82) is 0 Å². The molecule has 0 spiro atoms. The van der Waals surface area contributed by atoms with Crippen LogP contribution in [0.15, 0.2) is 18.5 Å². The van der Waals surface area contributed by atoms with Crippen molar-refractivity contribution in [3.05, 3.63) is 29.6 Å². The number of hydrogen-bond acceptors (Lipinski definition) is 9. The molecule has 11 nitrogen and oxygen atoms in total. The molecule has 1 aromatic rings. The number of aromatic nitrogens is 1. The maximum absolute atomic E-state index is 12.4. The standard InChI is InChI=1S/C17H27N3O8/c1-19(6-12(23)14(25)8-21)16(27)10-3-11(5-18-4-10)17(28)20(2)7-13(24)15(26)9-22/h3-5,12-15,21-26H,6-9H2,1-2H3. The Kier molecular flexibility index (Phi) is 9.38. The summed E-state index contributed by atoms with van der Waals surface area (Å²) in [5, 5.41) is 55.8. The molecule has 0 aromatic carbocycles. The zero-order chi connectivity index (χ0) is 21.4. The Morgan fingerprint density at radius 1 is 0.821 bits per heavy atom. The van der Waals surface area contributed by atoms with E-state index in [1.165, 1.54) is 32.6 Å². The lowest BCUT2D eigenvalue weighted by atomic mass is 10.1. The van der Waals surface area contributed by atoms with Gasteiger partial charge < -0.3 is 40.4 Å². The van der Waals surface area contributed by atoms with E-state index in [-0.39, 0.29) is 24.2 Å². The number of rotatable bonds is 10. The van der Waals surface area contributed by atoms with Gasteiger partial charge in [0.2, 0.25) is 0 Å². The Morgan fingerprint density at radius 2 is 1.18 bits per heavy atom. The highest BCUT2D eigenvalue weighted by atomic mass is 16.4. The molecule has 0 saturated carbocycles. The van der Waals surface area contributed by atoms with Gasteiger partial charge in [-0.3, -0.25) is 14.6 Å². The lowest BCUT2D eigenvalue weighted by Crippen LogP contribution is -2.42. The largest absolute Gasteiger partial charge is 0.394 e. The van der Waals surface area contributed by atoms with E-state index in [0.717, 1.165) is 9.80 Å². The third-order valence-corrected chi connectivity index (χ3v) is 4.11. The average Bonchev–Trinajstić information content (AvgIpc) is 2.70. The van der Waals surface area contributed by atoms with Crippen LogP contribution in [-0.4, -0.2) is 122 Å². The van der Waals surface area contributed by atoms with Crippen molar-refractivity contribution in [1.82, 2.24) is 14.8 Å². The second-order valence-corrected chi connectivity index (χ2v) is 6.47. The molecule has 6 N–H and O–H groups in total. The summed E-state index contributed by atoms with van der Waals surface area (Å²) in [4.78, 5) is 31.0.